The lowest BCUT2D eigenvalue weighted by atomic mass is 9.87. The van der Waals surface area contributed by atoms with Gasteiger partial charge in [0.1, 0.15) is 0 Å². The first-order valence-corrected chi connectivity index (χ1v) is 8.63. The zero-order valence-electron chi connectivity index (χ0n) is 13.6. The smallest absolute Gasteiger partial charge is 0.0470 e. The Hall–Kier alpha value is -3.32. The highest BCUT2D eigenvalue weighted by atomic mass is 14.9. The third-order valence-electron chi connectivity index (χ3n) is 5.31. The highest BCUT2D eigenvalue weighted by Crippen LogP contribution is 2.48. The van der Waals surface area contributed by atoms with Crippen molar-refractivity contribution in [3.8, 4) is 11.1 Å². The summed E-state index contributed by atoms with van der Waals surface area (Å²) >= 11 is 0. The molecule has 1 heteroatoms. The van der Waals surface area contributed by atoms with Gasteiger partial charge < -0.3 is 5.32 Å². The van der Waals surface area contributed by atoms with Crippen molar-refractivity contribution in [2.24, 2.45) is 0 Å². The van der Waals surface area contributed by atoms with Crippen molar-refractivity contribution in [1.82, 2.24) is 0 Å². The van der Waals surface area contributed by atoms with E-state index in [1.165, 1.54) is 54.8 Å². The molecular weight excluding hydrogens is 302 g/mol. The zero-order valence-corrected chi connectivity index (χ0v) is 13.6. The van der Waals surface area contributed by atoms with Crippen LogP contribution >= 0.6 is 0 Å². The normalized spacial score (nSPS) is 12.3. The molecule has 0 atom stereocenters. The van der Waals surface area contributed by atoms with E-state index in [0.717, 1.165) is 0 Å². The quantitative estimate of drug-likeness (QED) is 0.301. The Morgan fingerprint density at radius 2 is 1.24 bits per heavy atom. The van der Waals surface area contributed by atoms with Crippen molar-refractivity contribution in [3.63, 3.8) is 0 Å². The van der Waals surface area contributed by atoms with E-state index in [9.17, 15) is 0 Å². The molecule has 1 heterocycles. The third kappa shape index (κ3) is 1.72. The minimum absolute atomic E-state index is 1.19. The van der Waals surface area contributed by atoms with Crippen molar-refractivity contribution in [3.05, 3.63) is 84.9 Å². The molecule has 0 fully saturated rings. The molecule has 0 saturated heterocycles. The fraction of sp³-hybridized carbons (Fsp3) is 0. The number of hydrogen-bond acceptors (Lipinski definition) is 1. The Morgan fingerprint density at radius 1 is 0.520 bits per heavy atom. The lowest BCUT2D eigenvalue weighted by Gasteiger charge is -2.24. The molecule has 1 nitrogen and oxygen atoms in total. The molecule has 116 valence electrons. The van der Waals surface area contributed by atoms with E-state index in [2.05, 4.69) is 90.2 Å². The summed E-state index contributed by atoms with van der Waals surface area (Å²) in [6, 6.07) is 30.7. The van der Waals surface area contributed by atoms with Crippen LogP contribution in [0.2, 0.25) is 0 Å². The molecule has 0 amide bonds. The summed E-state index contributed by atoms with van der Waals surface area (Å²) < 4.78 is 0. The number of benzene rings is 5. The molecule has 25 heavy (non-hydrogen) atoms. The second-order valence-electron chi connectivity index (χ2n) is 6.75. The lowest BCUT2D eigenvalue weighted by molar-refractivity contribution is 1.56. The summed E-state index contributed by atoms with van der Waals surface area (Å²) in [7, 11) is 0. The fourth-order valence-corrected chi connectivity index (χ4v) is 4.20. The van der Waals surface area contributed by atoms with E-state index in [4.69, 9.17) is 0 Å². The minimum atomic E-state index is 1.19. The van der Waals surface area contributed by atoms with E-state index in [-0.39, 0.29) is 0 Å². The third-order valence-corrected chi connectivity index (χ3v) is 5.31. The minimum Gasteiger partial charge on any atom is -0.354 e. The van der Waals surface area contributed by atoms with Gasteiger partial charge in [0.25, 0.3) is 0 Å². The van der Waals surface area contributed by atoms with Crippen LogP contribution in [-0.4, -0.2) is 0 Å². The second kappa shape index (κ2) is 4.61. The molecular formula is C24H15N. The number of rotatable bonds is 0. The first kappa shape index (κ1) is 13.0. The van der Waals surface area contributed by atoms with Gasteiger partial charge in [-0.05, 0) is 51.2 Å². The molecule has 1 aliphatic rings. The summed E-state index contributed by atoms with van der Waals surface area (Å²) in [5, 5.41) is 11.4. The van der Waals surface area contributed by atoms with Crippen molar-refractivity contribution in [2.45, 2.75) is 0 Å². The topological polar surface area (TPSA) is 12.0 Å². The average Bonchev–Trinajstić information content (AvgIpc) is 2.66. The fourth-order valence-electron chi connectivity index (χ4n) is 4.20. The molecule has 0 saturated carbocycles. The Kier molecular flexibility index (Phi) is 2.40. The molecule has 0 aliphatic carbocycles. The largest absolute Gasteiger partial charge is 0.354 e. The molecule has 5 aromatic carbocycles. The van der Waals surface area contributed by atoms with Gasteiger partial charge in [-0.3, -0.25) is 0 Å². The van der Waals surface area contributed by atoms with Gasteiger partial charge in [-0.15, -0.1) is 0 Å². The molecule has 0 radical (unpaired) electrons. The van der Waals surface area contributed by atoms with Crippen molar-refractivity contribution >= 4 is 43.7 Å². The first-order chi connectivity index (χ1) is 12.4. The maximum atomic E-state index is 3.66. The molecule has 0 unspecified atom stereocenters. The maximum Gasteiger partial charge on any atom is 0.0470 e. The standard InChI is InChI=1S/C24H15N/c1-2-7-16-14-22-20(13-15(16)6-1)24-19-10-4-3-8-17(19)12-18-9-5-11-21(25-22)23(18)24/h1-14,25H. The van der Waals surface area contributed by atoms with Gasteiger partial charge in [-0.25, -0.2) is 0 Å². The van der Waals surface area contributed by atoms with Crippen molar-refractivity contribution < 1.29 is 0 Å². The summed E-state index contributed by atoms with van der Waals surface area (Å²) in [5.41, 5.74) is 5.03. The highest BCUT2D eigenvalue weighted by molar-refractivity contribution is 6.21. The summed E-state index contributed by atoms with van der Waals surface area (Å²) in [6.45, 7) is 0. The van der Waals surface area contributed by atoms with Crippen LogP contribution in [0.1, 0.15) is 0 Å². The SMILES string of the molecule is c1ccc2cc3c(cc2c1)Nc1cccc2cc4ccccc4c-3c12. The molecule has 6 rings (SSSR count). The van der Waals surface area contributed by atoms with Gasteiger partial charge in [0.15, 0.2) is 0 Å². The maximum absolute atomic E-state index is 3.66. The summed E-state index contributed by atoms with van der Waals surface area (Å²) in [6.07, 6.45) is 0. The van der Waals surface area contributed by atoms with Crippen molar-refractivity contribution in [1.29, 1.82) is 0 Å². The van der Waals surface area contributed by atoms with Crippen LogP contribution in [0, 0.1) is 0 Å². The van der Waals surface area contributed by atoms with Gasteiger partial charge in [-0.1, -0.05) is 60.7 Å². The summed E-state index contributed by atoms with van der Waals surface area (Å²) in [4.78, 5) is 0. The highest BCUT2D eigenvalue weighted by Gasteiger charge is 2.20. The second-order valence-corrected chi connectivity index (χ2v) is 6.75. The first-order valence-electron chi connectivity index (χ1n) is 8.63. The van der Waals surface area contributed by atoms with Crippen LogP contribution in [0.5, 0.6) is 0 Å². The molecule has 1 aliphatic heterocycles. The van der Waals surface area contributed by atoms with Crippen LogP contribution in [0.25, 0.3) is 43.4 Å². The Labute approximate surface area is 145 Å². The van der Waals surface area contributed by atoms with Gasteiger partial charge in [-0.2, -0.15) is 0 Å². The van der Waals surface area contributed by atoms with Gasteiger partial charge in [0.2, 0.25) is 0 Å². The Bertz CT molecular complexity index is 1310. The van der Waals surface area contributed by atoms with E-state index in [0.29, 0.717) is 0 Å². The molecule has 1 N–H and O–H groups in total. The van der Waals surface area contributed by atoms with E-state index in [1.807, 2.05) is 0 Å². The van der Waals surface area contributed by atoms with Gasteiger partial charge in [0, 0.05) is 27.9 Å². The number of nitrogens with one attached hydrogen (secondary N) is 1. The van der Waals surface area contributed by atoms with Crippen LogP contribution in [-0.2, 0) is 0 Å². The van der Waals surface area contributed by atoms with Crippen LogP contribution in [0.3, 0.4) is 0 Å². The van der Waals surface area contributed by atoms with Crippen LogP contribution in [0.4, 0.5) is 11.4 Å². The molecule has 0 bridgehead atoms. The van der Waals surface area contributed by atoms with E-state index >= 15 is 0 Å². The van der Waals surface area contributed by atoms with Crippen LogP contribution < -0.4 is 5.32 Å². The Balaban J connectivity index is 1.87. The predicted octanol–water partition coefficient (Wildman–Crippen LogP) is 6.87. The predicted molar refractivity (Wildman–Crippen MR) is 108 cm³/mol. The number of hydrogen-bond donors (Lipinski definition) is 1. The van der Waals surface area contributed by atoms with Crippen molar-refractivity contribution in [2.75, 3.05) is 5.32 Å². The number of anilines is 2. The molecule has 0 spiro atoms. The zero-order chi connectivity index (χ0) is 16.4. The number of fused-ring (bicyclic) bond motifs is 5. The molecule has 5 aromatic rings. The van der Waals surface area contributed by atoms with Gasteiger partial charge in [0.05, 0.1) is 0 Å². The molecule has 0 aromatic heterocycles. The lowest BCUT2D eigenvalue weighted by Crippen LogP contribution is -2.02. The van der Waals surface area contributed by atoms with Gasteiger partial charge >= 0.3 is 0 Å². The van der Waals surface area contributed by atoms with Crippen LogP contribution in [0.15, 0.2) is 84.9 Å². The monoisotopic (exact) mass is 317 g/mol. The van der Waals surface area contributed by atoms with E-state index in [1.54, 1.807) is 0 Å². The van der Waals surface area contributed by atoms with E-state index < -0.39 is 0 Å². The Morgan fingerprint density at radius 3 is 2.12 bits per heavy atom. The summed E-state index contributed by atoms with van der Waals surface area (Å²) in [5.74, 6) is 0. The average molecular weight is 317 g/mol.